The second-order valence-corrected chi connectivity index (χ2v) is 8.24. The molecule has 0 heterocycles. The topological polar surface area (TPSA) is 112 Å². The van der Waals surface area contributed by atoms with Crippen LogP contribution in [0.25, 0.3) is 0 Å². The van der Waals surface area contributed by atoms with Crippen LogP contribution in [0.3, 0.4) is 0 Å². The minimum atomic E-state index is -0.141. The normalized spacial score (nSPS) is 10.4. The second kappa shape index (κ2) is 25.9. The number of carbonyl (C=O) groups excluding carboxylic acids is 4. The third-order valence-electron chi connectivity index (χ3n) is 4.90. The lowest BCUT2D eigenvalue weighted by atomic mass is 10.2. The number of rotatable bonds is 20. The molecule has 0 saturated heterocycles. The number of nitrogens with zero attached hydrogens (tertiary/aromatic N) is 2. The van der Waals surface area contributed by atoms with E-state index in [9.17, 15) is 19.2 Å². The predicted molar refractivity (Wildman–Crippen MR) is 138 cm³/mol. The van der Waals surface area contributed by atoms with Gasteiger partial charge in [-0.15, -0.1) is 0 Å². The molecule has 0 bridgehead atoms. The minimum Gasteiger partial charge on any atom is -0.466 e. The van der Waals surface area contributed by atoms with Crippen molar-refractivity contribution >= 4 is 23.9 Å². The SMILES string of the molecule is CCOC(=O)CCCN(C)CCCC(=O)OCC.CCOC(=O)CCCN(C)CCCC(=O)OCC. The molecule has 0 saturated carbocycles. The van der Waals surface area contributed by atoms with E-state index >= 15 is 0 Å². The zero-order chi connectivity index (χ0) is 27.6. The molecule has 0 aliphatic carbocycles. The lowest BCUT2D eigenvalue weighted by molar-refractivity contribution is -0.144. The van der Waals surface area contributed by atoms with Gasteiger partial charge in [0.25, 0.3) is 0 Å². The van der Waals surface area contributed by atoms with E-state index in [1.807, 2.05) is 14.1 Å². The van der Waals surface area contributed by atoms with E-state index < -0.39 is 0 Å². The summed E-state index contributed by atoms with van der Waals surface area (Å²) in [6.45, 7) is 12.3. The summed E-state index contributed by atoms with van der Waals surface area (Å²) < 4.78 is 19.4. The number of esters is 4. The van der Waals surface area contributed by atoms with E-state index in [1.54, 1.807) is 27.7 Å². The quantitative estimate of drug-likeness (QED) is 0.176. The fourth-order valence-electron chi connectivity index (χ4n) is 3.13. The Bertz CT molecular complexity index is 488. The van der Waals surface area contributed by atoms with Gasteiger partial charge in [0.2, 0.25) is 0 Å². The molecule has 0 aromatic rings. The number of ether oxygens (including phenoxy) is 4. The van der Waals surface area contributed by atoms with Gasteiger partial charge < -0.3 is 28.7 Å². The van der Waals surface area contributed by atoms with Crippen molar-refractivity contribution in [2.45, 2.75) is 79.1 Å². The van der Waals surface area contributed by atoms with Gasteiger partial charge in [0.15, 0.2) is 0 Å². The standard InChI is InChI=1S/2C13H25NO4/c2*1-4-17-12(15)8-6-10-14(3)11-7-9-13(16)18-5-2/h2*4-11H2,1-3H3. The van der Waals surface area contributed by atoms with Gasteiger partial charge in [-0.3, -0.25) is 19.2 Å². The van der Waals surface area contributed by atoms with Crippen molar-refractivity contribution in [2.75, 3.05) is 66.7 Å². The van der Waals surface area contributed by atoms with Crippen molar-refractivity contribution in [1.82, 2.24) is 9.80 Å². The summed E-state index contributed by atoms with van der Waals surface area (Å²) >= 11 is 0. The van der Waals surface area contributed by atoms with Crippen molar-refractivity contribution in [1.29, 1.82) is 0 Å². The van der Waals surface area contributed by atoms with Crippen molar-refractivity contribution in [3.05, 3.63) is 0 Å². The summed E-state index contributed by atoms with van der Waals surface area (Å²) in [6.07, 6.45) is 4.96. The summed E-state index contributed by atoms with van der Waals surface area (Å²) in [4.78, 5) is 48.6. The van der Waals surface area contributed by atoms with E-state index in [-0.39, 0.29) is 23.9 Å². The van der Waals surface area contributed by atoms with E-state index in [0.29, 0.717) is 52.1 Å². The van der Waals surface area contributed by atoms with Crippen LogP contribution in [-0.4, -0.2) is 100 Å². The van der Waals surface area contributed by atoms with Gasteiger partial charge >= 0.3 is 23.9 Å². The first kappa shape index (κ1) is 36.0. The van der Waals surface area contributed by atoms with E-state index in [4.69, 9.17) is 18.9 Å². The van der Waals surface area contributed by atoms with Crippen LogP contribution in [-0.2, 0) is 38.1 Å². The smallest absolute Gasteiger partial charge is 0.305 e. The third kappa shape index (κ3) is 26.4. The van der Waals surface area contributed by atoms with E-state index in [1.165, 1.54) is 0 Å². The van der Waals surface area contributed by atoms with Crippen LogP contribution in [0.4, 0.5) is 0 Å². The zero-order valence-electron chi connectivity index (χ0n) is 23.5. The summed E-state index contributed by atoms with van der Waals surface area (Å²) in [5, 5.41) is 0. The molecule has 0 rings (SSSR count). The predicted octanol–water partition coefficient (Wildman–Crippen LogP) is 3.21. The van der Waals surface area contributed by atoms with Crippen molar-refractivity contribution in [3.8, 4) is 0 Å². The molecule has 10 nitrogen and oxygen atoms in total. The van der Waals surface area contributed by atoms with Gasteiger partial charge in [-0.05, 0) is 93.7 Å². The largest absolute Gasteiger partial charge is 0.466 e. The van der Waals surface area contributed by atoms with E-state index in [0.717, 1.165) is 51.9 Å². The molecule has 0 fully saturated rings. The van der Waals surface area contributed by atoms with Crippen molar-refractivity contribution in [2.24, 2.45) is 0 Å². The molecule has 0 atom stereocenters. The first-order chi connectivity index (χ1) is 17.2. The molecule has 0 amide bonds. The molecule has 0 spiro atoms. The maximum atomic E-state index is 11.1. The van der Waals surface area contributed by atoms with Gasteiger partial charge in [0, 0.05) is 25.7 Å². The Morgan fingerprint density at radius 1 is 0.444 bits per heavy atom. The third-order valence-corrected chi connectivity index (χ3v) is 4.90. The minimum absolute atomic E-state index is 0.141. The van der Waals surface area contributed by atoms with Gasteiger partial charge in [-0.25, -0.2) is 0 Å². The van der Waals surface area contributed by atoms with Gasteiger partial charge in [-0.2, -0.15) is 0 Å². The first-order valence-electron chi connectivity index (χ1n) is 13.2. The summed E-state index contributed by atoms with van der Waals surface area (Å²) in [7, 11) is 3.96. The molecule has 0 radical (unpaired) electrons. The Hall–Kier alpha value is -2.20. The molecule has 0 aliphatic heterocycles. The van der Waals surface area contributed by atoms with Crippen LogP contribution in [0.1, 0.15) is 79.1 Å². The van der Waals surface area contributed by atoms with Crippen LogP contribution in [0.2, 0.25) is 0 Å². The average molecular weight is 519 g/mol. The van der Waals surface area contributed by atoms with Crippen LogP contribution < -0.4 is 0 Å². The molecule has 212 valence electrons. The van der Waals surface area contributed by atoms with Crippen LogP contribution in [0, 0.1) is 0 Å². The lowest BCUT2D eigenvalue weighted by Crippen LogP contribution is -2.22. The maximum Gasteiger partial charge on any atom is 0.305 e. The highest BCUT2D eigenvalue weighted by molar-refractivity contribution is 5.70. The van der Waals surface area contributed by atoms with Gasteiger partial charge in [0.1, 0.15) is 0 Å². The van der Waals surface area contributed by atoms with E-state index in [2.05, 4.69) is 9.80 Å². The fourth-order valence-corrected chi connectivity index (χ4v) is 3.13. The van der Waals surface area contributed by atoms with Crippen LogP contribution in [0.15, 0.2) is 0 Å². The monoisotopic (exact) mass is 518 g/mol. The Balaban J connectivity index is 0. The van der Waals surface area contributed by atoms with Crippen LogP contribution >= 0.6 is 0 Å². The summed E-state index contributed by atoms with van der Waals surface area (Å²) in [5.41, 5.74) is 0. The Morgan fingerprint density at radius 2 is 0.639 bits per heavy atom. The highest BCUT2D eigenvalue weighted by atomic mass is 16.5. The van der Waals surface area contributed by atoms with Crippen molar-refractivity contribution < 1.29 is 38.1 Å². The summed E-state index contributed by atoms with van der Waals surface area (Å²) in [5.74, 6) is -0.565. The Kier molecular flexibility index (Phi) is 25.9. The molecule has 10 heteroatoms. The Morgan fingerprint density at radius 3 is 0.806 bits per heavy atom. The summed E-state index contributed by atoms with van der Waals surface area (Å²) in [6, 6.07) is 0. The maximum absolute atomic E-state index is 11.1. The second-order valence-electron chi connectivity index (χ2n) is 8.24. The zero-order valence-corrected chi connectivity index (χ0v) is 23.5. The molecular formula is C26H50N2O8. The molecule has 0 N–H and O–H groups in total. The van der Waals surface area contributed by atoms with Crippen molar-refractivity contribution in [3.63, 3.8) is 0 Å². The first-order valence-corrected chi connectivity index (χ1v) is 13.2. The van der Waals surface area contributed by atoms with Gasteiger partial charge in [0.05, 0.1) is 26.4 Å². The number of carbonyl (C=O) groups is 4. The molecule has 0 unspecified atom stereocenters. The highest BCUT2D eigenvalue weighted by Gasteiger charge is 2.07. The molecule has 0 aliphatic rings. The molecule has 0 aromatic heterocycles. The molecule has 0 aromatic carbocycles. The van der Waals surface area contributed by atoms with Gasteiger partial charge in [-0.1, -0.05) is 0 Å². The lowest BCUT2D eigenvalue weighted by Gasteiger charge is -2.15. The average Bonchev–Trinajstić information content (AvgIpc) is 2.80. The fraction of sp³-hybridized carbons (Fsp3) is 0.846. The molecular weight excluding hydrogens is 468 g/mol. The number of hydrogen-bond acceptors (Lipinski definition) is 10. The number of hydrogen-bond donors (Lipinski definition) is 0. The Labute approximate surface area is 217 Å². The van der Waals surface area contributed by atoms with Crippen LogP contribution in [0.5, 0.6) is 0 Å². The highest BCUT2D eigenvalue weighted by Crippen LogP contribution is 2.01. The molecule has 36 heavy (non-hydrogen) atoms.